The van der Waals surface area contributed by atoms with E-state index in [4.69, 9.17) is 4.74 Å². The molecule has 0 bridgehead atoms. The highest BCUT2D eigenvalue weighted by Crippen LogP contribution is 2.27. The van der Waals surface area contributed by atoms with Crippen molar-refractivity contribution in [2.75, 3.05) is 6.54 Å². The first kappa shape index (κ1) is 15.5. The van der Waals surface area contributed by atoms with Crippen LogP contribution < -0.4 is 10.1 Å². The number of halogens is 1. The lowest BCUT2D eigenvalue weighted by molar-refractivity contribution is 0.300. The highest BCUT2D eigenvalue weighted by molar-refractivity contribution is 9.10. The molecule has 108 valence electrons. The van der Waals surface area contributed by atoms with E-state index in [1.54, 1.807) is 11.3 Å². The van der Waals surface area contributed by atoms with E-state index in [-0.39, 0.29) is 0 Å². The highest BCUT2D eigenvalue weighted by atomic mass is 79.9. The molecule has 0 atom stereocenters. The predicted molar refractivity (Wildman–Crippen MR) is 87.3 cm³/mol. The van der Waals surface area contributed by atoms with Crippen molar-refractivity contribution in [3.63, 3.8) is 0 Å². The zero-order chi connectivity index (χ0) is 14.4. The molecule has 5 heteroatoms. The van der Waals surface area contributed by atoms with Gasteiger partial charge in [0.2, 0.25) is 0 Å². The van der Waals surface area contributed by atoms with Gasteiger partial charge in [-0.2, -0.15) is 0 Å². The van der Waals surface area contributed by atoms with Gasteiger partial charge in [-0.3, -0.25) is 0 Å². The molecule has 0 aliphatic rings. The van der Waals surface area contributed by atoms with E-state index >= 15 is 0 Å². The third-order valence-corrected chi connectivity index (χ3v) is 4.51. The summed E-state index contributed by atoms with van der Waals surface area (Å²) in [5.74, 6) is 0.858. The van der Waals surface area contributed by atoms with E-state index in [9.17, 15) is 0 Å². The molecule has 0 saturated heterocycles. The fourth-order valence-corrected chi connectivity index (χ4v) is 3.04. The average molecular weight is 355 g/mol. The Bertz CT molecular complexity index is 557. The second-order valence-electron chi connectivity index (χ2n) is 4.42. The molecule has 0 amide bonds. The Labute approximate surface area is 132 Å². The van der Waals surface area contributed by atoms with E-state index in [1.807, 2.05) is 6.07 Å². The minimum Gasteiger partial charge on any atom is -0.486 e. The molecule has 0 radical (unpaired) electrons. The predicted octanol–water partition coefficient (Wildman–Crippen LogP) is 4.16. The summed E-state index contributed by atoms with van der Waals surface area (Å²) in [7, 11) is 0. The summed E-state index contributed by atoms with van der Waals surface area (Å²) in [6, 6.07) is 6.18. The van der Waals surface area contributed by atoms with Gasteiger partial charge < -0.3 is 10.1 Å². The van der Waals surface area contributed by atoms with Crippen molar-refractivity contribution in [3.8, 4) is 5.75 Å². The number of benzene rings is 1. The van der Waals surface area contributed by atoms with Crippen molar-refractivity contribution < 1.29 is 4.74 Å². The summed E-state index contributed by atoms with van der Waals surface area (Å²) in [5, 5.41) is 6.53. The molecular weight excluding hydrogens is 336 g/mol. The van der Waals surface area contributed by atoms with Gasteiger partial charge in [0.1, 0.15) is 12.4 Å². The van der Waals surface area contributed by atoms with Crippen LogP contribution in [0.3, 0.4) is 0 Å². The topological polar surface area (TPSA) is 34.1 Å². The third kappa shape index (κ3) is 4.30. The maximum atomic E-state index is 5.82. The summed E-state index contributed by atoms with van der Waals surface area (Å²) >= 11 is 5.25. The summed E-state index contributed by atoms with van der Waals surface area (Å²) in [5.41, 5.74) is 2.24. The molecule has 1 aromatic carbocycles. The first-order valence-electron chi connectivity index (χ1n) is 6.78. The number of hydrogen-bond acceptors (Lipinski definition) is 4. The lowest BCUT2D eigenvalue weighted by atomic mass is 10.2. The molecule has 0 aliphatic carbocycles. The highest BCUT2D eigenvalue weighted by Gasteiger charge is 2.05. The van der Waals surface area contributed by atoms with Crippen LogP contribution in [0, 0.1) is 0 Å². The second kappa shape index (κ2) is 7.76. The molecule has 1 N–H and O–H groups in total. The molecule has 20 heavy (non-hydrogen) atoms. The molecular formula is C15H19BrN2OS. The van der Waals surface area contributed by atoms with Crippen LogP contribution >= 0.6 is 27.3 Å². The first-order chi connectivity index (χ1) is 9.72. The molecule has 1 heterocycles. The van der Waals surface area contributed by atoms with Crippen molar-refractivity contribution in [2.24, 2.45) is 0 Å². The van der Waals surface area contributed by atoms with Crippen LogP contribution in [0.4, 0.5) is 0 Å². The molecule has 0 fully saturated rings. The van der Waals surface area contributed by atoms with Gasteiger partial charge in [0, 0.05) is 11.9 Å². The average Bonchev–Trinajstić information content (AvgIpc) is 2.92. The van der Waals surface area contributed by atoms with Gasteiger partial charge in [0.15, 0.2) is 0 Å². The number of nitrogens with zero attached hydrogens (tertiary/aromatic N) is 1. The van der Waals surface area contributed by atoms with Gasteiger partial charge in [0.05, 0.1) is 15.2 Å². The number of aromatic nitrogens is 1. The van der Waals surface area contributed by atoms with Gasteiger partial charge in [-0.15, -0.1) is 11.3 Å². The van der Waals surface area contributed by atoms with Crippen molar-refractivity contribution in [3.05, 3.63) is 44.3 Å². The summed E-state index contributed by atoms with van der Waals surface area (Å²) in [6.45, 7) is 6.58. The Morgan fingerprint density at radius 1 is 1.35 bits per heavy atom. The molecule has 2 rings (SSSR count). The smallest absolute Gasteiger partial charge is 0.134 e. The molecule has 0 aliphatic heterocycles. The van der Waals surface area contributed by atoms with Crippen molar-refractivity contribution in [1.82, 2.24) is 10.3 Å². The zero-order valence-electron chi connectivity index (χ0n) is 11.8. The first-order valence-corrected chi connectivity index (χ1v) is 8.45. The SMILES string of the molecule is CCNCc1ccc(OCc2csc(CC)n2)c(Br)c1. The van der Waals surface area contributed by atoms with Crippen LogP contribution in [-0.4, -0.2) is 11.5 Å². The molecule has 3 nitrogen and oxygen atoms in total. The van der Waals surface area contributed by atoms with Gasteiger partial charge in [0.25, 0.3) is 0 Å². The van der Waals surface area contributed by atoms with Crippen molar-refractivity contribution >= 4 is 27.3 Å². The number of nitrogens with one attached hydrogen (secondary N) is 1. The Morgan fingerprint density at radius 2 is 2.20 bits per heavy atom. The molecule has 0 spiro atoms. The monoisotopic (exact) mass is 354 g/mol. The summed E-state index contributed by atoms with van der Waals surface area (Å²) < 4.78 is 6.80. The lowest BCUT2D eigenvalue weighted by Crippen LogP contribution is -2.11. The van der Waals surface area contributed by atoms with Gasteiger partial charge in [-0.05, 0) is 46.6 Å². The maximum Gasteiger partial charge on any atom is 0.134 e. The van der Waals surface area contributed by atoms with Crippen LogP contribution in [0.25, 0.3) is 0 Å². The van der Waals surface area contributed by atoms with E-state index in [0.717, 1.165) is 40.4 Å². The normalized spacial score (nSPS) is 10.8. The van der Waals surface area contributed by atoms with E-state index in [1.165, 1.54) is 5.56 Å². The van der Waals surface area contributed by atoms with Crippen LogP contribution in [-0.2, 0) is 19.6 Å². The van der Waals surface area contributed by atoms with Crippen LogP contribution in [0.1, 0.15) is 30.1 Å². The maximum absolute atomic E-state index is 5.82. The number of rotatable bonds is 7. The van der Waals surface area contributed by atoms with E-state index < -0.39 is 0 Å². The molecule has 0 saturated carbocycles. The largest absolute Gasteiger partial charge is 0.486 e. The number of aryl methyl sites for hydroxylation is 1. The van der Waals surface area contributed by atoms with Crippen molar-refractivity contribution in [1.29, 1.82) is 0 Å². The fourth-order valence-electron chi connectivity index (χ4n) is 1.77. The fraction of sp³-hybridized carbons (Fsp3) is 0.400. The molecule has 0 unspecified atom stereocenters. The molecule has 1 aromatic heterocycles. The Balaban J connectivity index is 1.95. The zero-order valence-corrected chi connectivity index (χ0v) is 14.2. The number of ether oxygens (including phenoxy) is 1. The van der Waals surface area contributed by atoms with Crippen LogP contribution in [0.5, 0.6) is 5.75 Å². The lowest BCUT2D eigenvalue weighted by Gasteiger charge is -2.09. The minimum atomic E-state index is 0.516. The number of thiazole rings is 1. The number of hydrogen-bond donors (Lipinski definition) is 1. The Morgan fingerprint density at radius 3 is 2.85 bits per heavy atom. The Kier molecular flexibility index (Phi) is 6.01. The van der Waals surface area contributed by atoms with Gasteiger partial charge in [-0.1, -0.05) is 19.9 Å². The van der Waals surface area contributed by atoms with Crippen LogP contribution in [0.2, 0.25) is 0 Å². The summed E-state index contributed by atoms with van der Waals surface area (Å²) in [6.07, 6.45) is 0.980. The Hall–Kier alpha value is -0.910. The van der Waals surface area contributed by atoms with Gasteiger partial charge in [-0.25, -0.2) is 4.98 Å². The van der Waals surface area contributed by atoms with Gasteiger partial charge >= 0.3 is 0 Å². The van der Waals surface area contributed by atoms with Crippen LogP contribution in [0.15, 0.2) is 28.1 Å². The third-order valence-electron chi connectivity index (χ3n) is 2.85. The van der Waals surface area contributed by atoms with E-state index in [0.29, 0.717) is 6.61 Å². The second-order valence-corrected chi connectivity index (χ2v) is 6.22. The minimum absolute atomic E-state index is 0.516. The summed E-state index contributed by atoms with van der Waals surface area (Å²) in [4.78, 5) is 4.50. The standard InChI is InChI=1S/C15H19BrN2OS/c1-3-15-18-12(10-20-15)9-19-14-6-5-11(7-13(14)16)8-17-4-2/h5-7,10,17H,3-4,8-9H2,1-2H3. The van der Waals surface area contributed by atoms with Crippen molar-refractivity contribution in [2.45, 2.75) is 33.4 Å². The molecule has 2 aromatic rings. The quantitative estimate of drug-likeness (QED) is 0.810. The van der Waals surface area contributed by atoms with E-state index in [2.05, 4.69) is 57.6 Å².